The Morgan fingerprint density at radius 2 is 1.70 bits per heavy atom. The summed E-state index contributed by atoms with van der Waals surface area (Å²) in [7, 11) is 1.47. The van der Waals surface area contributed by atoms with Gasteiger partial charge in [0.1, 0.15) is 11.3 Å². The average molecular weight is 451 g/mol. The van der Waals surface area contributed by atoms with Gasteiger partial charge in [0.05, 0.1) is 29.7 Å². The van der Waals surface area contributed by atoms with Crippen molar-refractivity contribution in [3.05, 3.63) is 105 Å². The number of hydrogen-bond donors (Lipinski definition) is 0. The predicted molar refractivity (Wildman–Crippen MR) is 116 cm³/mol. The van der Waals surface area contributed by atoms with Crippen molar-refractivity contribution in [1.29, 1.82) is 0 Å². The minimum Gasteiger partial charge on any atom is -0.497 e. The van der Waals surface area contributed by atoms with Gasteiger partial charge in [-0.15, -0.1) is 0 Å². The first-order valence-electron chi connectivity index (χ1n) is 10.00. The molecule has 5 nitrogen and oxygen atoms in total. The molecule has 8 heteroatoms. The number of rotatable bonds is 3. The summed E-state index contributed by atoms with van der Waals surface area (Å²) in [5, 5.41) is 0.280. The third kappa shape index (κ3) is 3.34. The van der Waals surface area contributed by atoms with Gasteiger partial charge in [0, 0.05) is 5.69 Å². The van der Waals surface area contributed by atoms with Crippen LogP contribution in [0.15, 0.2) is 82.0 Å². The Balaban J connectivity index is 1.79. The number of hydrogen-bond acceptors (Lipinski definition) is 4. The van der Waals surface area contributed by atoms with E-state index in [-0.39, 0.29) is 28.0 Å². The first kappa shape index (κ1) is 20.8. The Kier molecular flexibility index (Phi) is 4.74. The molecule has 0 saturated carbocycles. The molecule has 33 heavy (non-hydrogen) atoms. The van der Waals surface area contributed by atoms with E-state index in [1.807, 2.05) is 0 Å². The lowest BCUT2D eigenvalue weighted by molar-refractivity contribution is -0.137. The average Bonchev–Trinajstić information content (AvgIpc) is 3.11. The molecule has 0 fully saturated rings. The first-order valence-corrected chi connectivity index (χ1v) is 10.00. The molecular formula is C25H16F3NO4. The summed E-state index contributed by atoms with van der Waals surface area (Å²) >= 11 is 0. The minimum absolute atomic E-state index is 0.00231. The van der Waals surface area contributed by atoms with E-state index in [4.69, 9.17) is 9.15 Å². The zero-order valence-electron chi connectivity index (χ0n) is 17.2. The molecule has 1 unspecified atom stereocenters. The minimum atomic E-state index is -4.60. The highest BCUT2D eigenvalue weighted by Gasteiger charge is 2.44. The number of amides is 1. The lowest BCUT2D eigenvalue weighted by Gasteiger charge is -2.26. The van der Waals surface area contributed by atoms with Gasteiger partial charge in [-0.3, -0.25) is 14.5 Å². The second-order valence-corrected chi connectivity index (χ2v) is 7.57. The summed E-state index contributed by atoms with van der Waals surface area (Å²) in [6.45, 7) is 0. The predicted octanol–water partition coefficient (Wildman–Crippen LogP) is 5.57. The fraction of sp³-hybridized carbons (Fsp3) is 0.120. The standard InChI is InChI=1S/C25H16F3NO4/c1-32-17-9-4-6-14(12-17)21-20-22(30)18-10-2-3-11-19(18)33-23(20)24(31)29(21)16-8-5-7-15(13-16)25(26,27)28/h2-13,21H,1H3. The van der Waals surface area contributed by atoms with Gasteiger partial charge >= 0.3 is 6.18 Å². The SMILES string of the molecule is COc1cccc(C2c3c(oc4ccccc4c3=O)C(=O)N2c2cccc(C(F)(F)F)c2)c1. The highest BCUT2D eigenvalue weighted by molar-refractivity contribution is 6.10. The number of methoxy groups -OCH3 is 1. The van der Waals surface area contributed by atoms with Gasteiger partial charge in [-0.2, -0.15) is 13.2 Å². The molecule has 0 aliphatic carbocycles. The number of fused-ring (bicyclic) bond motifs is 2. The van der Waals surface area contributed by atoms with E-state index in [9.17, 15) is 22.8 Å². The van der Waals surface area contributed by atoms with Gasteiger partial charge in [0.25, 0.3) is 5.91 Å². The van der Waals surface area contributed by atoms with Gasteiger partial charge < -0.3 is 9.15 Å². The van der Waals surface area contributed by atoms with Gasteiger partial charge in [0.15, 0.2) is 5.43 Å². The number of para-hydroxylation sites is 1. The fourth-order valence-corrected chi connectivity index (χ4v) is 4.15. The molecule has 5 rings (SSSR count). The maximum Gasteiger partial charge on any atom is 0.416 e. The smallest absolute Gasteiger partial charge is 0.416 e. The van der Waals surface area contributed by atoms with Crippen molar-refractivity contribution in [2.75, 3.05) is 12.0 Å². The molecule has 0 N–H and O–H groups in total. The Hall–Kier alpha value is -4.07. The van der Waals surface area contributed by atoms with E-state index < -0.39 is 29.1 Å². The Morgan fingerprint density at radius 1 is 0.939 bits per heavy atom. The molecule has 2 heterocycles. The molecule has 1 atom stereocenters. The molecule has 1 amide bonds. The fourth-order valence-electron chi connectivity index (χ4n) is 4.15. The molecule has 0 spiro atoms. The highest BCUT2D eigenvalue weighted by Crippen LogP contribution is 2.43. The first-order chi connectivity index (χ1) is 15.8. The number of benzene rings is 3. The van der Waals surface area contributed by atoms with Gasteiger partial charge in [0.2, 0.25) is 5.76 Å². The Bertz CT molecular complexity index is 1460. The summed E-state index contributed by atoms with van der Waals surface area (Å²) in [5.74, 6) is -0.411. The molecule has 1 aromatic heterocycles. The second kappa shape index (κ2) is 7.51. The zero-order chi connectivity index (χ0) is 23.3. The van der Waals surface area contributed by atoms with Crippen molar-refractivity contribution in [3.63, 3.8) is 0 Å². The van der Waals surface area contributed by atoms with Crippen molar-refractivity contribution >= 4 is 22.6 Å². The van der Waals surface area contributed by atoms with E-state index in [1.165, 1.54) is 24.1 Å². The van der Waals surface area contributed by atoms with Crippen LogP contribution in [0.4, 0.5) is 18.9 Å². The summed E-state index contributed by atoms with van der Waals surface area (Å²) in [4.78, 5) is 28.1. The third-order valence-electron chi connectivity index (χ3n) is 5.64. The monoisotopic (exact) mass is 451 g/mol. The van der Waals surface area contributed by atoms with Crippen LogP contribution in [0, 0.1) is 0 Å². The molecular weight excluding hydrogens is 435 g/mol. The van der Waals surface area contributed by atoms with Crippen LogP contribution in [0.3, 0.4) is 0 Å². The van der Waals surface area contributed by atoms with Crippen molar-refractivity contribution in [2.24, 2.45) is 0 Å². The number of carbonyl (C=O) groups is 1. The normalized spacial score (nSPS) is 15.7. The van der Waals surface area contributed by atoms with Crippen molar-refractivity contribution in [2.45, 2.75) is 12.2 Å². The van der Waals surface area contributed by atoms with Crippen LogP contribution in [0.1, 0.15) is 33.3 Å². The van der Waals surface area contributed by atoms with Gasteiger partial charge in [-0.05, 0) is 48.0 Å². The second-order valence-electron chi connectivity index (χ2n) is 7.57. The Labute approximate surface area is 185 Å². The van der Waals surface area contributed by atoms with E-state index >= 15 is 0 Å². The molecule has 3 aromatic carbocycles. The zero-order valence-corrected chi connectivity index (χ0v) is 17.2. The summed E-state index contributed by atoms with van der Waals surface area (Å²) in [6.07, 6.45) is -4.60. The molecule has 0 radical (unpaired) electrons. The lowest BCUT2D eigenvalue weighted by atomic mass is 9.98. The highest BCUT2D eigenvalue weighted by atomic mass is 19.4. The summed E-state index contributed by atoms with van der Waals surface area (Å²) in [6, 6.07) is 16.6. The lowest BCUT2D eigenvalue weighted by Crippen LogP contribution is -2.29. The van der Waals surface area contributed by atoms with Crippen LogP contribution < -0.4 is 15.1 Å². The molecule has 1 aliphatic heterocycles. The van der Waals surface area contributed by atoms with Crippen LogP contribution in [0.2, 0.25) is 0 Å². The third-order valence-corrected chi connectivity index (χ3v) is 5.64. The molecule has 0 bridgehead atoms. The molecule has 1 aliphatic rings. The molecule has 0 saturated heterocycles. The number of nitrogens with zero attached hydrogens (tertiary/aromatic N) is 1. The van der Waals surface area contributed by atoms with E-state index in [2.05, 4.69) is 0 Å². The van der Waals surface area contributed by atoms with Crippen molar-refractivity contribution in [1.82, 2.24) is 0 Å². The number of anilines is 1. The van der Waals surface area contributed by atoms with Crippen molar-refractivity contribution in [3.8, 4) is 5.75 Å². The van der Waals surface area contributed by atoms with E-state index in [0.717, 1.165) is 12.1 Å². The molecule has 4 aromatic rings. The van der Waals surface area contributed by atoms with Crippen LogP contribution in [0.5, 0.6) is 5.75 Å². The number of ether oxygens (including phenoxy) is 1. The number of halogens is 3. The van der Waals surface area contributed by atoms with Crippen LogP contribution in [0.25, 0.3) is 11.0 Å². The van der Waals surface area contributed by atoms with Gasteiger partial charge in [-0.1, -0.05) is 30.3 Å². The van der Waals surface area contributed by atoms with Crippen molar-refractivity contribution < 1.29 is 27.1 Å². The summed E-state index contributed by atoms with van der Waals surface area (Å²) in [5.41, 5.74) is -0.520. The van der Waals surface area contributed by atoms with Gasteiger partial charge in [-0.25, -0.2) is 0 Å². The maximum absolute atomic E-state index is 13.5. The topological polar surface area (TPSA) is 59.8 Å². The van der Waals surface area contributed by atoms with E-state index in [0.29, 0.717) is 11.3 Å². The van der Waals surface area contributed by atoms with Crippen LogP contribution in [-0.4, -0.2) is 13.0 Å². The molecule has 166 valence electrons. The Morgan fingerprint density at radius 3 is 2.45 bits per heavy atom. The summed E-state index contributed by atoms with van der Waals surface area (Å²) < 4.78 is 51.3. The van der Waals surface area contributed by atoms with E-state index in [1.54, 1.807) is 48.5 Å². The number of carbonyl (C=O) groups excluding carboxylic acids is 1. The number of alkyl halides is 3. The van der Waals surface area contributed by atoms with Crippen LogP contribution >= 0.6 is 0 Å². The largest absolute Gasteiger partial charge is 0.497 e. The maximum atomic E-state index is 13.5. The quantitative estimate of drug-likeness (QED) is 0.409. The van der Waals surface area contributed by atoms with Crippen LogP contribution in [-0.2, 0) is 6.18 Å².